The van der Waals surface area contributed by atoms with Crippen molar-refractivity contribution in [1.29, 1.82) is 0 Å². The van der Waals surface area contributed by atoms with Crippen LogP contribution in [-0.4, -0.2) is 29.9 Å². The fraction of sp³-hybridized carbons (Fsp3) is 1.00. The number of rotatable bonds is 2. The summed E-state index contributed by atoms with van der Waals surface area (Å²) in [6.07, 6.45) is 1.29. The van der Waals surface area contributed by atoms with Crippen LogP contribution < -0.4 is 0 Å². The predicted octanol–water partition coefficient (Wildman–Crippen LogP) is 1.96. The van der Waals surface area contributed by atoms with E-state index in [-0.39, 0.29) is 0 Å². The van der Waals surface area contributed by atoms with Gasteiger partial charge in [-0.1, -0.05) is 0 Å². The highest BCUT2D eigenvalue weighted by atomic mass is 35.5. The van der Waals surface area contributed by atoms with Crippen LogP contribution in [0.2, 0.25) is 0 Å². The van der Waals surface area contributed by atoms with E-state index in [1.165, 1.54) is 19.5 Å². The van der Waals surface area contributed by atoms with Crippen LogP contribution in [0.3, 0.4) is 0 Å². The lowest BCUT2D eigenvalue weighted by Crippen LogP contribution is -2.28. The highest BCUT2D eigenvalue weighted by Gasteiger charge is 2.22. The van der Waals surface area contributed by atoms with Crippen molar-refractivity contribution in [2.45, 2.75) is 26.3 Å². The third kappa shape index (κ3) is 1.86. The number of halogens is 1. The topological polar surface area (TPSA) is 3.24 Å². The van der Waals surface area contributed by atoms with E-state index >= 15 is 0 Å². The summed E-state index contributed by atoms with van der Waals surface area (Å²) in [5.74, 6) is 1.59. The van der Waals surface area contributed by atoms with Gasteiger partial charge >= 0.3 is 0 Å². The van der Waals surface area contributed by atoms with E-state index in [1.54, 1.807) is 0 Å². The first-order chi connectivity index (χ1) is 4.74. The maximum Gasteiger partial charge on any atom is 0.0264 e. The first kappa shape index (κ1) is 8.35. The average Bonchev–Trinajstić information content (AvgIpc) is 2.34. The molecule has 1 nitrogen and oxygen atoms in total. The summed E-state index contributed by atoms with van der Waals surface area (Å²) in [6, 6.07) is 0.702. The Hall–Kier alpha value is 0.250. The Kier molecular flexibility index (Phi) is 2.99. The average molecular weight is 162 g/mol. The molecule has 1 heterocycles. The van der Waals surface area contributed by atoms with Crippen LogP contribution >= 0.6 is 11.6 Å². The summed E-state index contributed by atoms with van der Waals surface area (Å²) >= 11 is 5.75. The zero-order chi connectivity index (χ0) is 7.56. The molecule has 1 rings (SSSR count). The van der Waals surface area contributed by atoms with Gasteiger partial charge in [-0.3, -0.25) is 0 Å². The second-order valence-electron chi connectivity index (χ2n) is 3.40. The molecule has 0 aromatic carbocycles. The second-order valence-corrected chi connectivity index (χ2v) is 3.71. The van der Waals surface area contributed by atoms with Gasteiger partial charge in [0.25, 0.3) is 0 Å². The zero-order valence-electron chi connectivity index (χ0n) is 6.81. The number of nitrogens with zero attached hydrogens (tertiary/aromatic N) is 1. The van der Waals surface area contributed by atoms with E-state index in [9.17, 15) is 0 Å². The van der Waals surface area contributed by atoms with Crippen molar-refractivity contribution >= 4 is 11.6 Å². The first-order valence-electron chi connectivity index (χ1n) is 4.04. The number of hydrogen-bond acceptors (Lipinski definition) is 1. The van der Waals surface area contributed by atoms with Gasteiger partial charge in [0.2, 0.25) is 0 Å². The lowest BCUT2D eigenvalue weighted by molar-refractivity contribution is 0.268. The van der Waals surface area contributed by atoms with Gasteiger partial charge in [0, 0.05) is 18.5 Å². The van der Waals surface area contributed by atoms with E-state index in [0.717, 1.165) is 11.8 Å². The molecule has 1 saturated heterocycles. The standard InChI is InChI=1S/C8H16ClN/c1-7(2)10-4-3-8(5-9)6-10/h7-8H,3-6H2,1-2H3/t8-/m0/s1. The summed E-state index contributed by atoms with van der Waals surface area (Å²) in [4.78, 5) is 2.49. The largest absolute Gasteiger partial charge is 0.301 e. The van der Waals surface area contributed by atoms with Crippen LogP contribution in [0, 0.1) is 5.92 Å². The van der Waals surface area contributed by atoms with E-state index in [1.807, 2.05) is 0 Å². The van der Waals surface area contributed by atoms with Crippen LogP contribution in [0.15, 0.2) is 0 Å². The molecule has 0 spiro atoms. The van der Waals surface area contributed by atoms with Crippen molar-refractivity contribution in [2.75, 3.05) is 19.0 Å². The molecule has 60 valence electrons. The molecular formula is C8H16ClN. The Labute approximate surface area is 68.4 Å². The van der Waals surface area contributed by atoms with Gasteiger partial charge < -0.3 is 4.90 Å². The van der Waals surface area contributed by atoms with E-state index < -0.39 is 0 Å². The molecule has 0 aromatic heterocycles. The molecule has 1 aliphatic rings. The molecule has 0 saturated carbocycles. The van der Waals surface area contributed by atoms with E-state index in [2.05, 4.69) is 18.7 Å². The Balaban J connectivity index is 2.28. The fourth-order valence-electron chi connectivity index (χ4n) is 1.46. The van der Waals surface area contributed by atoms with E-state index in [0.29, 0.717) is 6.04 Å². The molecule has 0 unspecified atom stereocenters. The van der Waals surface area contributed by atoms with Crippen molar-refractivity contribution in [3.63, 3.8) is 0 Å². The number of likely N-dealkylation sites (tertiary alicyclic amines) is 1. The number of alkyl halides is 1. The molecule has 2 heteroatoms. The van der Waals surface area contributed by atoms with Crippen LogP contribution in [0.5, 0.6) is 0 Å². The molecule has 0 N–H and O–H groups in total. The van der Waals surface area contributed by atoms with Crippen molar-refractivity contribution in [3.8, 4) is 0 Å². The Morgan fingerprint density at radius 3 is 2.60 bits per heavy atom. The molecular weight excluding hydrogens is 146 g/mol. The summed E-state index contributed by atoms with van der Waals surface area (Å²) in [5.41, 5.74) is 0. The molecule has 0 aromatic rings. The minimum absolute atomic E-state index is 0.702. The maximum absolute atomic E-state index is 5.75. The van der Waals surface area contributed by atoms with Crippen LogP contribution in [0.1, 0.15) is 20.3 Å². The summed E-state index contributed by atoms with van der Waals surface area (Å²) in [5, 5.41) is 0. The van der Waals surface area contributed by atoms with Gasteiger partial charge in [0.1, 0.15) is 0 Å². The third-order valence-corrected chi connectivity index (χ3v) is 2.70. The molecule has 0 aliphatic carbocycles. The monoisotopic (exact) mass is 161 g/mol. The van der Waals surface area contributed by atoms with Crippen molar-refractivity contribution in [1.82, 2.24) is 4.90 Å². The Morgan fingerprint density at radius 2 is 2.30 bits per heavy atom. The lowest BCUT2D eigenvalue weighted by Gasteiger charge is -2.19. The summed E-state index contributed by atoms with van der Waals surface area (Å²) in [7, 11) is 0. The van der Waals surface area contributed by atoms with Gasteiger partial charge in [-0.25, -0.2) is 0 Å². The molecule has 10 heavy (non-hydrogen) atoms. The van der Waals surface area contributed by atoms with Crippen molar-refractivity contribution < 1.29 is 0 Å². The Morgan fingerprint density at radius 1 is 1.60 bits per heavy atom. The normalized spacial score (nSPS) is 28.2. The SMILES string of the molecule is CC(C)N1CC[C@@H](CCl)C1. The minimum atomic E-state index is 0.702. The van der Waals surface area contributed by atoms with Gasteiger partial charge in [-0.05, 0) is 32.7 Å². The van der Waals surface area contributed by atoms with Gasteiger partial charge in [-0.15, -0.1) is 11.6 Å². The summed E-state index contributed by atoms with van der Waals surface area (Å²) < 4.78 is 0. The fourth-order valence-corrected chi connectivity index (χ4v) is 1.71. The van der Waals surface area contributed by atoms with Gasteiger partial charge in [0.05, 0.1) is 0 Å². The molecule has 1 aliphatic heterocycles. The van der Waals surface area contributed by atoms with Crippen LogP contribution in [-0.2, 0) is 0 Å². The molecule has 0 bridgehead atoms. The van der Waals surface area contributed by atoms with Crippen LogP contribution in [0.4, 0.5) is 0 Å². The van der Waals surface area contributed by atoms with Crippen LogP contribution in [0.25, 0.3) is 0 Å². The number of hydrogen-bond donors (Lipinski definition) is 0. The zero-order valence-corrected chi connectivity index (χ0v) is 7.56. The lowest BCUT2D eigenvalue weighted by atomic mass is 10.2. The molecule has 1 atom stereocenters. The predicted molar refractivity (Wildman–Crippen MR) is 45.5 cm³/mol. The third-order valence-electron chi connectivity index (χ3n) is 2.27. The minimum Gasteiger partial charge on any atom is -0.301 e. The van der Waals surface area contributed by atoms with Crippen molar-refractivity contribution in [2.24, 2.45) is 5.92 Å². The molecule has 1 fully saturated rings. The first-order valence-corrected chi connectivity index (χ1v) is 4.57. The molecule has 0 amide bonds. The Bertz CT molecular complexity index is 103. The van der Waals surface area contributed by atoms with Gasteiger partial charge in [-0.2, -0.15) is 0 Å². The quantitative estimate of drug-likeness (QED) is 0.560. The second kappa shape index (κ2) is 3.59. The highest BCUT2D eigenvalue weighted by Crippen LogP contribution is 2.18. The van der Waals surface area contributed by atoms with Gasteiger partial charge in [0.15, 0.2) is 0 Å². The smallest absolute Gasteiger partial charge is 0.0264 e. The maximum atomic E-state index is 5.75. The molecule has 0 radical (unpaired) electrons. The van der Waals surface area contributed by atoms with E-state index in [4.69, 9.17) is 11.6 Å². The summed E-state index contributed by atoms with van der Waals surface area (Å²) in [6.45, 7) is 6.95. The van der Waals surface area contributed by atoms with Crippen molar-refractivity contribution in [3.05, 3.63) is 0 Å². The highest BCUT2D eigenvalue weighted by molar-refractivity contribution is 6.18.